The van der Waals surface area contributed by atoms with Crippen LogP contribution in [0.5, 0.6) is 0 Å². The number of oxime groups is 1. The highest BCUT2D eigenvalue weighted by molar-refractivity contribution is 5.90. The number of amides is 2. The molecule has 0 bridgehead atoms. The number of benzene rings is 1. The molecule has 2 fully saturated rings. The molecule has 0 spiro atoms. The maximum atomic E-state index is 14.9. The summed E-state index contributed by atoms with van der Waals surface area (Å²) >= 11 is 0. The van der Waals surface area contributed by atoms with Gasteiger partial charge in [0.05, 0.1) is 24.5 Å². The van der Waals surface area contributed by atoms with Gasteiger partial charge in [0.1, 0.15) is 17.7 Å². The topological polar surface area (TPSA) is 107 Å². The number of nitrogens with zero attached hydrogens (tertiary/aromatic N) is 4. The van der Waals surface area contributed by atoms with Crippen molar-refractivity contribution in [2.75, 3.05) is 36.0 Å². The van der Waals surface area contributed by atoms with Crippen LogP contribution in [0.1, 0.15) is 19.8 Å². The van der Waals surface area contributed by atoms with Gasteiger partial charge in [-0.25, -0.2) is 14.2 Å². The molecule has 0 aliphatic carbocycles. The fourth-order valence-electron chi connectivity index (χ4n) is 3.83. The molecule has 3 heterocycles. The van der Waals surface area contributed by atoms with Crippen LogP contribution in [-0.2, 0) is 9.53 Å². The minimum atomic E-state index is -0.575. The SMILES string of the molecule is CC(=O)NC[C@H]1CN(c2ccc(-c3ccc(N4CCC(=NO)CC4)nc3)c(F)c2)C(=O)O1. The van der Waals surface area contributed by atoms with Crippen LogP contribution in [0.25, 0.3) is 11.1 Å². The van der Waals surface area contributed by atoms with Crippen molar-refractivity contribution in [1.29, 1.82) is 0 Å². The minimum Gasteiger partial charge on any atom is -0.442 e. The van der Waals surface area contributed by atoms with E-state index in [1.165, 1.54) is 17.9 Å². The number of carbonyl (C=O) groups excluding carboxylic acids is 2. The zero-order chi connectivity index (χ0) is 22.7. The third kappa shape index (κ3) is 4.63. The first-order valence-corrected chi connectivity index (χ1v) is 10.4. The van der Waals surface area contributed by atoms with E-state index in [0.717, 1.165) is 11.5 Å². The first-order valence-electron chi connectivity index (χ1n) is 10.4. The Hall–Kier alpha value is -3.69. The van der Waals surface area contributed by atoms with Crippen LogP contribution in [0.3, 0.4) is 0 Å². The maximum Gasteiger partial charge on any atom is 0.414 e. The summed E-state index contributed by atoms with van der Waals surface area (Å²) in [6.45, 7) is 3.25. The van der Waals surface area contributed by atoms with Crippen LogP contribution in [-0.4, -0.2) is 60.2 Å². The number of hydrogen-bond donors (Lipinski definition) is 2. The molecular formula is C22H24FN5O4. The number of rotatable bonds is 5. The van der Waals surface area contributed by atoms with Crippen molar-refractivity contribution in [3.05, 3.63) is 42.3 Å². The number of ether oxygens (including phenoxy) is 1. The molecule has 32 heavy (non-hydrogen) atoms. The fraction of sp³-hybridized carbons (Fsp3) is 0.364. The van der Waals surface area contributed by atoms with E-state index in [4.69, 9.17) is 9.94 Å². The van der Waals surface area contributed by atoms with Crippen LogP contribution in [0.2, 0.25) is 0 Å². The van der Waals surface area contributed by atoms with Gasteiger partial charge in [0, 0.05) is 50.2 Å². The summed E-state index contributed by atoms with van der Waals surface area (Å²) in [5.41, 5.74) is 2.17. The predicted molar refractivity (Wildman–Crippen MR) is 117 cm³/mol. The zero-order valence-corrected chi connectivity index (χ0v) is 17.6. The molecule has 0 saturated carbocycles. The maximum absolute atomic E-state index is 14.9. The monoisotopic (exact) mass is 441 g/mol. The Morgan fingerprint density at radius 2 is 2.09 bits per heavy atom. The number of halogens is 1. The second-order valence-electron chi connectivity index (χ2n) is 7.78. The van der Waals surface area contributed by atoms with Crippen molar-refractivity contribution in [1.82, 2.24) is 10.3 Å². The molecule has 0 unspecified atom stereocenters. The van der Waals surface area contributed by atoms with Gasteiger partial charge in [-0.2, -0.15) is 0 Å². The first kappa shape index (κ1) is 21.5. The Labute approximate surface area is 184 Å². The molecule has 1 atom stereocenters. The number of hydrogen-bond acceptors (Lipinski definition) is 7. The smallest absolute Gasteiger partial charge is 0.414 e. The van der Waals surface area contributed by atoms with Gasteiger partial charge in [-0.05, 0) is 30.3 Å². The van der Waals surface area contributed by atoms with Gasteiger partial charge in [-0.15, -0.1) is 0 Å². The second kappa shape index (κ2) is 9.21. The number of nitrogens with one attached hydrogen (secondary N) is 1. The number of aromatic nitrogens is 1. The number of cyclic esters (lactones) is 1. The molecule has 2 saturated heterocycles. The van der Waals surface area contributed by atoms with E-state index in [-0.39, 0.29) is 19.0 Å². The van der Waals surface area contributed by atoms with Crippen LogP contribution in [0.15, 0.2) is 41.7 Å². The molecule has 4 rings (SSSR count). The Morgan fingerprint density at radius 3 is 2.72 bits per heavy atom. The number of carbonyl (C=O) groups is 2. The molecule has 9 nitrogen and oxygen atoms in total. The van der Waals surface area contributed by atoms with Gasteiger partial charge >= 0.3 is 6.09 Å². The van der Waals surface area contributed by atoms with Crippen LogP contribution < -0.4 is 15.1 Å². The van der Waals surface area contributed by atoms with Crippen LogP contribution in [0, 0.1) is 5.82 Å². The highest BCUT2D eigenvalue weighted by Gasteiger charge is 2.32. The molecular weight excluding hydrogens is 417 g/mol. The molecule has 2 aliphatic heterocycles. The van der Waals surface area contributed by atoms with E-state index in [1.54, 1.807) is 18.3 Å². The van der Waals surface area contributed by atoms with Crippen LogP contribution >= 0.6 is 0 Å². The highest BCUT2D eigenvalue weighted by atomic mass is 19.1. The van der Waals surface area contributed by atoms with Crippen molar-refractivity contribution >= 4 is 29.2 Å². The largest absolute Gasteiger partial charge is 0.442 e. The minimum absolute atomic E-state index is 0.210. The van der Waals surface area contributed by atoms with Crippen molar-refractivity contribution in [2.24, 2.45) is 5.16 Å². The summed E-state index contributed by atoms with van der Waals surface area (Å²) in [5.74, 6) is 0.100. The summed E-state index contributed by atoms with van der Waals surface area (Å²) in [4.78, 5) is 31.1. The number of pyridine rings is 1. The lowest BCUT2D eigenvalue weighted by atomic mass is 10.1. The molecule has 168 valence electrons. The third-order valence-electron chi connectivity index (χ3n) is 5.58. The molecule has 1 aromatic heterocycles. The summed E-state index contributed by atoms with van der Waals surface area (Å²) in [6.07, 6.45) is 1.92. The Kier molecular flexibility index (Phi) is 6.20. The summed E-state index contributed by atoms with van der Waals surface area (Å²) < 4.78 is 20.1. The van der Waals surface area contributed by atoms with E-state index < -0.39 is 18.0 Å². The molecule has 0 radical (unpaired) electrons. The third-order valence-corrected chi connectivity index (χ3v) is 5.58. The fourth-order valence-corrected chi connectivity index (χ4v) is 3.83. The molecule has 2 amide bonds. The van der Waals surface area contributed by atoms with Gasteiger partial charge in [-0.3, -0.25) is 9.69 Å². The summed E-state index contributed by atoms with van der Waals surface area (Å²) in [7, 11) is 0. The van der Waals surface area contributed by atoms with Crippen LogP contribution in [0.4, 0.5) is 20.7 Å². The highest BCUT2D eigenvalue weighted by Crippen LogP contribution is 2.29. The van der Waals surface area contributed by atoms with Gasteiger partial charge in [-0.1, -0.05) is 5.16 Å². The molecule has 2 aromatic rings. The zero-order valence-electron chi connectivity index (χ0n) is 17.6. The molecule has 10 heteroatoms. The second-order valence-corrected chi connectivity index (χ2v) is 7.78. The lowest BCUT2D eigenvalue weighted by Gasteiger charge is -2.28. The van der Waals surface area contributed by atoms with Crippen molar-refractivity contribution in [2.45, 2.75) is 25.9 Å². The first-order chi connectivity index (χ1) is 15.4. The standard InChI is InChI=1S/C22H24FN5O4/c1-14(29)24-12-18-13-28(22(30)32-18)17-3-4-19(20(23)10-17)15-2-5-21(25-11-15)27-8-6-16(26-31)7-9-27/h2-5,10-11,18,31H,6-9,12-13H2,1H3,(H,24,29)/t18-/m0/s1. The average Bonchev–Trinajstić information content (AvgIpc) is 3.18. The van der Waals surface area contributed by atoms with Gasteiger partial charge < -0.3 is 20.2 Å². The predicted octanol–water partition coefficient (Wildman–Crippen LogP) is 2.78. The van der Waals surface area contributed by atoms with E-state index in [9.17, 15) is 14.0 Å². The Bertz CT molecular complexity index is 1030. The summed E-state index contributed by atoms with van der Waals surface area (Å²) in [6, 6.07) is 8.22. The van der Waals surface area contributed by atoms with Crippen molar-refractivity contribution < 1.29 is 23.9 Å². The van der Waals surface area contributed by atoms with Crippen molar-refractivity contribution in [3.8, 4) is 11.1 Å². The Balaban J connectivity index is 1.44. The van der Waals surface area contributed by atoms with E-state index >= 15 is 0 Å². The Morgan fingerprint density at radius 1 is 1.31 bits per heavy atom. The van der Waals surface area contributed by atoms with Gasteiger partial charge in [0.25, 0.3) is 0 Å². The number of anilines is 2. The number of piperidine rings is 1. The molecule has 1 aromatic carbocycles. The molecule has 2 N–H and O–H groups in total. The normalized spacial score (nSPS) is 18.5. The summed E-state index contributed by atoms with van der Waals surface area (Å²) in [5, 5.41) is 14.8. The van der Waals surface area contributed by atoms with Gasteiger partial charge in [0.2, 0.25) is 5.91 Å². The quantitative estimate of drug-likeness (QED) is 0.546. The van der Waals surface area contributed by atoms with Crippen molar-refractivity contribution in [3.63, 3.8) is 0 Å². The average molecular weight is 441 g/mol. The van der Waals surface area contributed by atoms with E-state index in [0.29, 0.717) is 42.7 Å². The van der Waals surface area contributed by atoms with E-state index in [2.05, 4.69) is 20.4 Å². The lowest BCUT2D eigenvalue weighted by molar-refractivity contribution is -0.119. The van der Waals surface area contributed by atoms with Gasteiger partial charge in [0.15, 0.2) is 0 Å². The lowest BCUT2D eigenvalue weighted by Crippen LogP contribution is -2.34. The van der Waals surface area contributed by atoms with E-state index in [1.807, 2.05) is 12.1 Å². The molecule has 2 aliphatic rings.